The molecular weight excluding hydrogens is 443 g/mol. The molecule has 5 rings (SSSR count). The Kier molecular flexibility index (Phi) is 5.68. The Morgan fingerprint density at radius 2 is 2.15 bits per heavy atom. The number of H-pyrrole nitrogens is 1. The van der Waals surface area contributed by atoms with Gasteiger partial charge in [0, 0.05) is 40.8 Å². The van der Waals surface area contributed by atoms with Crippen LogP contribution in [0.2, 0.25) is 5.02 Å². The van der Waals surface area contributed by atoms with E-state index in [1.165, 1.54) is 6.20 Å². The highest BCUT2D eigenvalue weighted by Crippen LogP contribution is 2.34. The molecule has 0 spiro atoms. The monoisotopic (exact) mass is 466 g/mol. The smallest absolute Gasteiger partial charge is 0.216 e. The summed E-state index contributed by atoms with van der Waals surface area (Å²) in [7, 11) is 4.01. The molecule has 1 aliphatic rings. The standard InChI is InChI=1S/C25H24ClFN4O2/c1-30(2)7-8-31-13-21(19-5-3-15(11-22(19)31)20-12-28-29-25(20)27)24(32)17-9-16-10-18(26)4-6-23(16)33-14-17/h3-6,10-13,17H,7-9,14H2,1-2H3,(H,28,29)/t17-/m0/s1. The summed E-state index contributed by atoms with van der Waals surface area (Å²) >= 11 is 6.15. The first kappa shape index (κ1) is 21.7. The number of hydrogen-bond acceptors (Lipinski definition) is 4. The quantitative estimate of drug-likeness (QED) is 0.414. The van der Waals surface area contributed by atoms with E-state index in [-0.39, 0.29) is 11.7 Å². The average molecular weight is 467 g/mol. The maximum absolute atomic E-state index is 14.1. The third-order valence-electron chi connectivity index (χ3n) is 6.14. The fraction of sp³-hybridized carbons (Fsp3) is 0.280. The number of benzene rings is 2. The molecule has 170 valence electrons. The van der Waals surface area contributed by atoms with Gasteiger partial charge in [-0.1, -0.05) is 23.7 Å². The number of hydrogen-bond donors (Lipinski definition) is 1. The van der Waals surface area contributed by atoms with E-state index in [0.29, 0.717) is 41.3 Å². The lowest BCUT2D eigenvalue weighted by atomic mass is 9.89. The van der Waals surface area contributed by atoms with Gasteiger partial charge in [-0.25, -0.2) is 0 Å². The van der Waals surface area contributed by atoms with Crippen LogP contribution >= 0.6 is 11.6 Å². The third kappa shape index (κ3) is 4.14. The number of fused-ring (bicyclic) bond motifs is 2. The van der Waals surface area contributed by atoms with Gasteiger partial charge in [-0.05, 0) is 55.9 Å². The minimum Gasteiger partial charge on any atom is -0.493 e. The molecule has 0 bridgehead atoms. The summed E-state index contributed by atoms with van der Waals surface area (Å²) in [6.07, 6.45) is 3.97. The Labute approximate surface area is 195 Å². The minimum atomic E-state index is -0.478. The van der Waals surface area contributed by atoms with Gasteiger partial charge in [0.05, 0.1) is 24.3 Å². The van der Waals surface area contributed by atoms with Crippen LogP contribution in [0.3, 0.4) is 0 Å². The van der Waals surface area contributed by atoms with E-state index in [4.69, 9.17) is 16.3 Å². The van der Waals surface area contributed by atoms with E-state index in [0.717, 1.165) is 28.8 Å². The zero-order valence-electron chi connectivity index (χ0n) is 18.4. The SMILES string of the molecule is CN(C)CCn1cc(C(=O)[C@@H]2COc3ccc(Cl)cc3C2)c2ccc(-c3cn[nH]c3F)cc21. The summed E-state index contributed by atoms with van der Waals surface area (Å²) in [5.74, 6) is 0.0451. The molecule has 0 amide bonds. The van der Waals surface area contributed by atoms with Gasteiger partial charge >= 0.3 is 0 Å². The van der Waals surface area contributed by atoms with Crippen LogP contribution < -0.4 is 4.74 Å². The highest BCUT2D eigenvalue weighted by molar-refractivity contribution is 6.30. The van der Waals surface area contributed by atoms with Crippen molar-refractivity contribution in [3.8, 4) is 16.9 Å². The largest absolute Gasteiger partial charge is 0.493 e. The lowest BCUT2D eigenvalue weighted by Crippen LogP contribution is -2.28. The Hall–Kier alpha value is -3.16. The number of ketones is 1. The summed E-state index contributed by atoms with van der Waals surface area (Å²) in [5, 5.41) is 7.61. The number of halogens is 2. The highest BCUT2D eigenvalue weighted by atomic mass is 35.5. The summed E-state index contributed by atoms with van der Waals surface area (Å²) in [6, 6.07) is 11.1. The number of aromatic amines is 1. The number of aromatic nitrogens is 3. The van der Waals surface area contributed by atoms with Crippen molar-refractivity contribution in [2.75, 3.05) is 27.2 Å². The van der Waals surface area contributed by atoms with Crippen molar-refractivity contribution in [2.24, 2.45) is 5.92 Å². The molecule has 1 atom stereocenters. The lowest BCUT2D eigenvalue weighted by molar-refractivity contribution is 0.0856. The molecule has 33 heavy (non-hydrogen) atoms. The van der Waals surface area contributed by atoms with E-state index in [1.807, 2.05) is 50.6 Å². The molecule has 1 aliphatic heterocycles. The fourth-order valence-corrected chi connectivity index (χ4v) is 4.57. The molecule has 4 aromatic rings. The first-order valence-electron chi connectivity index (χ1n) is 10.8. The van der Waals surface area contributed by atoms with Crippen molar-refractivity contribution in [1.82, 2.24) is 19.7 Å². The fourth-order valence-electron chi connectivity index (χ4n) is 4.37. The summed E-state index contributed by atoms with van der Waals surface area (Å²) in [5.41, 5.74) is 3.60. The number of carbonyl (C=O) groups is 1. The predicted octanol–water partition coefficient (Wildman–Crippen LogP) is 4.82. The van der Waals surface area contributed by atoms with Gasteiger partial charge in [0.1, 0.15) is 5.75 Å². The van der Waals surface area contributed by atoms with Crippen molar-refractivity contribution in [3.05, 3.63) is 70.9 Å². The second kappa shape index (κ2) is 8.65. The normalized spacial score (nSPS) is 15.6. The van der Waals surface area contributed by atoms with Crippen LogP contribution in [0.15, 0.2) is 48.8 Å². The van der Waals surface area contributed by atoms with Crippen LogP contribution in [0.1, 0.15) is 15.9 Å². The minimum absolute atomic E-state index is 0.0384. The van der Waals surface area contributed by atoms with Gasteiger partial charge in [0.15, 0.2) is 5.78 Å². The lowest BCUT2D eigenvalue weighted by Gasteiger charge is -2.24. The van der Waals surface area contributed by atoms with Gasteiger partial charge in [0.25, 0.3) is 0 Å². The van der Waals surface area contributed by atoms with E-state index < -0.39 is 5.95 Å². The van der Waals surface area contributed by atoms with E-state index in [1.54, 1.807) is 6.07 Å². The zero-order chi connectivity index (χ0) is 23.1. The number of nitrogens with zero attached hydrogens (tertiary/aromatic N) is 3. The molecule has 6 nitrogen and oxygen atoms in total. The van der Waals surface area contributed by atoms with Gasteiger partial charge in [-0.2, -0.15) is 9.49 Å². The van der Waals surface area contributed by atoms with Crippen LogP contribution in [0.5, 0.6) is 5.75 Å². The van der Waals surface area contributed by atoms with Crippen molar-refractivity contribution in [1.29, 1.82) is 0 Å². The Balaban J connectivity index is 1.53. The maximum Gasteiger partial charge on any atom is 0.216 e. The molecule has 0 saturated heterocycles. The van der Waals surface area contributed by atoms with Gasteiger partial charge in [-0.3, -0.25) is 9.89 Å². The first-order valence-corrected chi connectivity index (χ1v) is 11.2. The Morgan fingerprint density at radius 3 is 2.91 bits per heavy atom. The predicted molar refractivity (Wildman–Crippen MR) is 127 cm³/mol. The Morgan fingerprint density at radius 1 is 1.30 bits per heavy atom. The summed E-state index contributed by atoms with van der Waals surface area (Å²) < 4.78 is 22.0. The topological polar surface area (TPSA) is 63.1 Å². The molecule has 0 saturated carbocycles. The molecule has 8 heteroatoms. The van der Waals surface area contributed by atoms with E-state index in [9.17, 15) is 9.18 Å². The van der Waals surface area contributed by atoms with Gasteiger partial charge < -0.3 is 14.2 Å². The van der Waals surface area contributed by atoms with Crippen LogP contribution in [0, 0.1) is 11.9 Å². The molecule has 3 heterocycles. The van der Waals surface area contributed by atoms with E-state index >= 15 is 0 Å². The molecule has 2 aromatic carbocycles. The number of ether oxygens (including phenoxy) is 1. The first-order chi connectivity index (χ1) is 15.9. The number of carbonyl (C=O) groups excluding carboxylic acids is 1. The highest BCUT2D eigenvalue weighted by Gasteiger charge is 2.29. The number of Topliss-reactive ketones (excluding diaryl/α,β-unsaturated/α-hetero) is 1. The van der Waals surface area contributed by atoms with E-state index in [2.05, 4.69) is 19.7 Å². The van der Waals surface area contributed by atoms with Crippen LogP contribution in [0.25, 0.3) is 22.0 Å². The molecule has 0 unspecified atom stereocenters. The molecule has 1 N–H and O–H groups in total. The molecule has 0 aliphatic carbocycles. The number of nitrogens with one attached hydrogen (secondary N) is 1. The van der Waals surface area contributed by atoms with Crippen LogP contribution in [-0.2, 0) is 13.0 Å². The third-order valence-corrected chi connectivity index (χ3v) is 6.37. The average Bonchev–Trinajstić information content (AvgIpc) is 3.39. The maximum atomic E-state index is 14.1. The second-order valence-electron chi connectivity index (χ2n) is 8.70. The van der Waals surface area contributed by atoms with Crippen molar-refractivity contribution in [3.63, 3.8) is 0 Å². The number of likely N-dealkylation sites (N-methyl/N-ethyl adjacent to an activating group) is 1. The zero-order valence-corrected chi connectivity index (χ0v) is 19.2. The van der Waals surface area contributed by atoms with Crippen LogP contribution in [-0.4, -0.2) is 52.7 Å². The van der Waals surface area contributed by atoms with Gasteiger partial charge in [0.2, 0.25) is 5.95 Å². The second-order valence-corrected chi connectivity index (χ2v) is 9.13. The Bertz CT molecular complexity index is 1340. The van der Waals surface area contributed by atoms with Crippen molar-refractivity contribution >= 4 is 28.3 Å². The van der Waals surface area contributed by atoms with Crippen LogP contribution in [0.4, 0.5) is 4.39 Å². The molecule has 0 radical (unpaired) electrons. The summed E-state index contributed by atoms with van der Waals surface area (Å²) in [4.78, 5) is 15.7. The van der Waals surface area contributed by atoms with Gasteiger partial charge in [-0.15, -0.1) is 0 Å². The molecule has 0 fully saturated rings. The number of rotatable bonds is 6. The van der Waals surface area contributed by atoms with Crippen molar-refractivity contribution < 1.29 is 13.9 Å². The van der Waals surface area contributed by atoms with Crippen molar-refractivity contribution in [2.45, 2.75) is 13.0 Å². The summed E-state index contributed by atoms with van der Waals surface area (Å²) in [6.45, 7) is 1.84. The molecular formula is C25H24ClFN4O2. The molecule has 2 aromatic heterocycles.